The Morgan fingerprint density at radius 1 is 0.958 bits per heavy atom. The Hall–Kier alpha value is -1.55. The molecular weight excluding hydrogens is 343 g/mol. The van der Waals surface area contributed by atoms with E-state index in [1.807, 2.05) is 47.4 Å². The largest absolute Gasteiger partial charge is 0.341 e. The molecule has 2 aromatic carbocycles. The highest BCUT2D eigenvalue weighted by Crippen LogP contribution is 2.17. The van der Waals surface area contributed by atoms with E-state index in [0.29, 0.717) is 32.5 Å². The van der Waals surface area contributed by atoms with Crippen LogP contribution in [0.1, 0.15) is 17.5 Å². The summed E-state index contributed by atoms with van der Waals surface area (Å²) >= 11 is 6.14. The average molecular weight is 367 g/mol. The van der Waals surface area contributed by atoms with Crippen molar-refractivity contribution in [1.82, 2.24) is 4.90 Å². The zero-order chi connectivity index (χ0) is 16.5. The number of amides is 1. The highest BCUT2D eigenvalue weighted by Gasteiger charge is 2.13. The maximum atomic E-state index is 12.5. The van der Waals surface area contributed by atoms with E-state index in [1.165, 1.54) is 5.56 Å². The summed E-state index contributed by atoms with van der Waals surface area (Å²) in [6, 6.07) is 17.8. The lowest BCUT2D eigenvalue weighted by atomic mass is 10.1. The highest BCUT2D eigenvalue weighted by atomic mass is 35.5. The lowest BCUT2D eigenvalue weighted by Crippen LogP contribution is -2.37. The van der Waals surface area contributed by atoms with Crippen LogP contribution in [0.3, 0.4) is 0 Å². The number of hydrogen-bond donors (Lipinski definition) is 1. The van der Waals surface area contributed by atoms with Gasteiger partial charge >= 0.3 is 0 Å². The van der Waals surface area contributed by atoms with Crippen LogP contribution in [-0.4, -0.2) is 30.4 Å². The molecule has 0 spiro atoms. The minimum absolute atomic E-state index is 0. The number of carbonyl (C=O) groups is 1. The van der Waals surface area contributed by atoms with Crippen molar-refractivity contribution in [3.8, 4) is 0 Å². The van der Waals surface area contributed by atoms with Crippen LogP contribution in [0.15, 0.2) is 54.6 Å². The number of halogens is 2. The molecule has 0 unspecified atom stereocenters. The second kappa shape index (κ2) is 11.1. The van der Waals surface area contributed by atoms with E-state index in [1.54, 1.807) is 0 Å². The number of carbonyl (C=O) groups excluding carboxylic acids is 1. The molecule has 0 aliphatic heterocycles. The zero-order valence-electron chi connectivity index (χ0n) is 13.7. The first-order valence-corrected chi connectivity index (χ1v) is 8.33. The third-order valence-electron chi connectivity index (χ3n) is 3.83. The molecule has 2 aromatic rings. The minimum atomic E-state index is 0. The van der Waals surface area contributed by atoms with Gasteiger partial charge in [0.1, 0.15) is 0 Å². The molecule has 0 aliphatic rings. The van der Waals surface area contributed by atoms with Gasteiger partial charge in [0.15, 0.2) is 0 Å². The quantitative estimate of drug-likeness (QED) is 0.773. The summed E-state index contributed by atoms with van der Waals surface area (Å²) in [4.78, 5) is 14.3. The molecule has 0 fully saturated rings. The van der Waals surface area contributed by atoms with Gasteiger partial charge in [-0.25, -0.2) is 0 Å². The number of rotatable bonds is 8. The lowest BCUT2D eigenvalue weighted by Gasteiger charge is -2.22. The number of benzene rings is 2. The molecule has 5 heteroatoms. The van der Waals surface area contributed by atoms with E-state index >= 15 is 0 Å². The van der Waals surface area contributed by atoms with Gasteiger partial charge in [-0.05, 0) is 30.0 Å². The van der Waals surface area contributed by atoms with Crippen molar-refractivity contribution in [2.75, 3.05) is 19.6 Å². The van der Waals surface area contributed by atoms with Crippen LogP contribution in [0.2, 0.25) is 5.02 Å². The van der Waals surface area contributed by atoms with Gasteiger partial charge in [0.2, 0.25) is 5.91 Å². The van der Waals surface area contributed by atoms with Gasteiger partial charge in [-0.2, -0.15) is 0 Å². The molecule has 24 heavy (non-hydrogen) atoms. The lowest BCUT2D eigenvalue weighted by molar-refractivity contribution is -0.131. The molecule has 0 aliphatic carbocycles. The number of aryl methyl sites for hydroxylation is 1. The molecule has 0 radical (unpaired) electrons. The van der Waals surface area contributed by atoms with Crippen molar-refractivity contribution >= 4 is 29.9 Å². The van der Waals surface area contributed by atoms with Gasteiger partial charge in [0, 0.05) is 31.1 Å². The summed E-state index contributed by atoms with van der Waals surface area (Å²) < 4.78 is 0. The molecule has 2 rings (SSSR count). The Morgan fingerprint density at radius 3 is 2.29 bits per heavy atom. The summed E-state index contributed by atoms with van der Waals surface area (Å²) in [6.45, 7) is 1.77. The molecule has 0 saturated heterocycles. The third kappa shape index (κ3) is 6.52. The minimum Gasteiger partial charge on any atom is -0.341 e. The second-order valence-electron chi connectivity index (χ2n) is 5.50. The summed E-state index contributed by atoms with van der Waals surface area (Å²) in [6.07, 6.45) is 1.96. The van der Waals surface area contributed by atoms with Gasteiger partial charge in [-0.1, -0.05) is 60.1 Å². The summed E-state index contributed by atoms with van der Waals surface area (Å²) in [5.74, 6) is 0.131. The first-order valence-electron chi connectivity index (χ1n) is 7.96. The zero-order valence-corrected chi connectivity index (χ0v) is 15.2. The smallest absolute Gasteiger partial charge is 0.222 e. The molecule has 0 bridgehead atoms. The molecular formula is C19H24Cl2N2O. The van der Waals surface area contributed by atoms with Crippen molar-refractivity contribution in [3.63, 3.8) is 0 Å². The van der Waals surface area contributed by atoms with Crippen LogP contribution in [0.25, 0.3) is 0 Å². The first-order chi connectivity index (χ1) is 11.2. The monoisotopic (exact) mass is 366 g/mol. The molecule has 0 heterocycles. The fourth-order valence-electron chi connectivity index (χ4n) is 2.53. The van der Waals surface area contributed by atoms with Crippen LogP contribution < -0.4 is 5.73 Å². The Kier molecular flexibility index (Phi) is 9.46. The second-order valence-corrected chi connectivity index (χ2v) is 5.90. The Balaban J connectivity index is 0.00000288. The fraction of sp³-hybridized carbons (Fsp3) is 0.316. The number of hydrogen-bond acceptors (Lipinski definition) is 2. The molecule has 3 nitrogen and oxygen atoms in total. The van der Waals surface area contributed by atoms with E-state index < -0.39 is 0 Å². The van der Waals surface area contributed by atoms with Crippen LogP contribution in [0.5, 0.6) is 0 Å². The van der Waals surface area contributed by atoms with E-state index in [0.717, 1.165) is 17.0 Å². The highest BCUT2D eigenvalue weighted by molar-refractivity contribution is 6.31. The van der Waals surface area contributed by atoms with E-state index in [2.05, 4.69) is 12.1 Å². The first kappa shape index (κ1) is 20.5. The van der Waals surface area contributed by atoms with Crippen LogP contribution in [-0.2, 0) is 17.6 Å². The third-order valence-corrected chi connectivity index (χ3v) is 4.20. The van der Waals surface area contributed by atoms with Gasteiger partial charge in [-0.3, -0.25) is 4.79 Å². The Bertz CT molecular complexity index is 620. The van der Waals surface area contributed by atoms with Crippen LogP contribution in [0, 0.1) is 0 Å². The molecule has 1 amide bonds. The predicted octanol–water partition coefficient (Wildman–Crippen LogP) is 3.72. The van der Waals surface area contributed by atoms with Crippen molar-refractivity contribution in [2.45, 2.75) is 19.3 Å². The van der Waals surface area contributed by atoms with Crippen molar-refractivity contribution < 1.29 is 4.79 Å². The molecule has 0 saturated carbocycles. The Morgan fingerprint density at radius 2 is 1.62 bits per heavy atom. The normalized spacial score (nSPS) is 10.1. The van der Waals surface area contributed by atoms with Gasteiger partial charge in [-0.15, -0.1) is 12.4 Å². The van der Waals surface area contributed by atoms with Gasteiger partial charge in [0.05, 0.1) is 0 Å². The van der Waals surface area contributed by atoms with Crippen molar-refractivity contribution in [3.05, 3.63) is 70.7 Å². The molecule has 2 N–H and O–H groups in total. The average Bonchev–Trinajstić information content (AvgIpc) is 2.58. The predicted molar refractivity (Wildman–Crippen MR) is 103 cm³/mol. The Labute approximate surface area is 155 Å². The maximum absolute atomic E-state index is 12.5. The summed E-state index contributed by atoms with van der Waals surface area (Å²) in [5.41, 5.74) is 7.89. The van der Waals surface area contributed by atoms with Crippen LogP contribution in [0.4, 0.5) is 0 Å². The summed E-state index contributed by atoms with van der Waals surface area (Å²) in [5, 5.41) is 0.718. The SMILES string of the molecule is Cl.NCCN(CCc1ccccc1)C(=O)CCc1ccccc1Cl. The summed E-state index contributed by atoms with van der Waals surface area (Å²) in [7, 11) is 0. The number of nitrogens with two attached hydrogens (primary N) is 1. The van der Waals surface area contributed by atoms with E-state index in [9.17, 15) is 4.79 Å². The standard InChI is InChI=1S/C19H23ClN2O.ClH/c20-18-9-5-4-8-17(18)10-11-19(23)22(15-13-21)14-12-16-6-2-1-3-7-16;/h1-9H,10-15,21H2;1H. The van der Waals surface area contributed by atoms with E-state index in [-0.39, 0.29) is 18.3 Å². The topological polar surface area (TPSA) is 46.3 Å². The van der Waals surface area contributed by atoms with Crippen LogP contribution >= 0.6 is 24.0 Å². The van der Waals surface area contributed by atoms with E-state index in [4.69, 9.17) is 17.3 Å². The molecule has 0 atom stereocenters. The maximum Gasteiger partial charge on any atom is 0.222 e. The van der Waals surface area contributed by atoms with Crippen molar-refractivity contribution in [1.29, 1.82) is 0 Å². The fourth-order valence-corrected chi connectivity index (χ4v) is 2.76. The molecule has 130 valence electrons. The van der Waals surface area contributed by atoms with Crippen molar-refractivity contribution in [2.24, 2.45) is 5.73 Å². The number of nitrogens with zero attached hydrogens (tertiary/aromatic N) is 1. The van der Waals surface area contributed by atoms with Gasteiger partial charge < -0.3 is 10.6 Å². The molecule has 0 aromatic heterocycles. The van der Waals surface area contributed by atoms with Gasteiger partial charge in [0.25, 0.3) is 0 Å².